The highest BCUT2D eigenvalue weighted by Crippen LogP contribution is 2.17. The lowest BCUT2D eigenvalue weighted by molar-refractivity contribution is 0.620. The van der Waals surface area contributed by atoms with Gasteiger partial charge >= 0.3 is 0 Å². The summed E-state index contributed by atoms with van der Waals surface area (Å²) >= 11 is 0. The minimum absolute atomic E-state index is 0.871. The second kappa shape index (κ2) is 6.72. The van der Waals surface area contributed by atoms with Crippen molar-refractivity contribution in [1.82, 2.24) is 19.5 Å². The smallest absolute Gasteiger partial charge is 0.134 e. The van der Waals surface area contributed by atoms with Gasteiger partial charge in [0.25, 0.3) is 0 Å². The first-order valence-electron chi connectivity index (χ1n) is 6.50. The Morgan fingerprint density at radius 3 is 2.79 bits per heavy atom. The van der Waals surface area contributed by atoms with Crippen molar-refractivity contribution in [3.05, 3.63) is 30.6 Å². The molecule has 6 heteroatoms. The standard InChI is InChI=1S/C13H20N6/c1-11-12(14-2)17-9-18-13(11)16-5-3-4-7-19-8-6-15-10-19/h6,8-10H,3-5,7H2,1-2H3,(H2,14,16,17,18). The fourth-order valence-electron chi connectivity index (χ4n) is 1.93. The van der Waals surface area contributed by atoms with E-state index in [0.717, 1.165) is 43.1 Å². The maximum atomic E-state index is 4.26. The van der Waals surface area contributed by atoms with Gasteiger partial charge in [-0.15, -0.1) is 0 Å². The van der Waals surface area contributed by atoms with E-state index in [9.17, 15) is 0 Å². The predicted molar refractivity (Wildman–Crippen MR) is 76.3 cm³/mol. The molecule has 0 aliphatic rings. The summed E-state index contributed by atoms with van der Waals surface area (Å²) in [6.45, 7) is 3.93. The summed E-state index contributed by atoms with van der Waals surface area (Å²) in [4.78, 5) is 12.4. The highest BCUT2D eigenvalue weighted by atomic mass is 15.1. The third kappa shape index (κ3) is 3.67. The van der Waals surface area contributed by atoms with Crippen molar-refractivity contribution in [2.75, 3.05) is 24.2 Å². The molecule has 2 aromatic rings. The summed E-state index contributed by atoms with van der Waals surface area (Å²) in [5.41, 5.74) is 1.06. The van der Waals surface area contributed by atoms with Crippen LogP contribution < -0.4 is 10.6 Å². The van der Waals surface area contributed by atoms with Gasteiger partial charge in [-0.1, -0.05) is 0 Å². The Balaban J connectivity index is 1.73. The van der Waals surface area contributed by atoms with Crippen molar-refractivity contribution < 1.29 is 0 Å². The summed E-state index contributed by atoms with van der Waals surface area (Å²) in [5.74, 6) is 1.78. The molecule has 0 aliphatic carbocycles. The number of hydrogen-bond acceptors (Lipinski definition) is 5. The molecule has 0 fully saturated rings. The van der Waals surface area contributed by atoms with Gasteiger partial charge in [0, 0.05) is 38.1 Å². The zero-order chi connectivity index (χ0) is 13.5. The van der Waals surface area contributed by atoms with E-state index in [-0.39, 0.29) is 0 Å². The Bertz CT molecular complexity index is 494. The Labute approximate surface area is 113 Å². The lowest BCUT2D eigenvalue weighted by Crippen LogP contribution is -2.08. The van der Waals surface area contributed by atoms with E-state index in [2.05, 4.69) is 30.2 Å². The number of nitrogens with zero attached hydrogens (tertiary/aromatic N) is 4. The molecule has 2 aromatic heterocycles. The number of aryl methyl sites for hydroxylation is 1. The molecule has 102 valence electrons. The molecule has 2 rings (SSSR count). The fourth-order valence-corrected chi connectivity index (χ4v) is 1.93. The number of unbranched alkanes of at least 4 members (excludes halogenated alkanes) is 1. The number of aromatic nitrogens is 4. The van der Waals surface area contributed by atoms with E-state index in [4.69, 9.17) is 0 Å². The van der Waals surface area contributed by atoms with Crippen LogP contribution in [0.3, 0.4) is 0 Å². The van der Waals surface area contributed by atoms with Crippen LogP contribution in [0, 0.1) is 6.92 Å². The average Bonchev–Trinajstić information content (AvgIpc) is 2.93. The minimum Gasteiger partial charge on any atom is -0.373 e. The molecular weight excluding hydrogens is 240 g/mol. The van der Waals surface area contributed by atoms with Crippen LogP contribution in [0.2, 0.25) is 0 Å². The first-order chi connectivity index (χ1) is 9.31. The van der Waals surface area contributed by atoms with Gasteiger partial charge in [0.05, 0.1) is 6.33 Å². The molecule has 2 N–H and O–H groups in total. The molecule has 0 saturated carbocycles. The second-order valence-electron chi connectivity index (χ2n) is 4.38. The summed E-state index contributed by atoms with van der Waals surface area (Å²) in [7, 11) is 1.87. The summed E-state index contributed by atoms with van der Waals surface area (Å²) in [5, 5.41) is 6.41. The van der Waals surface area contributed by atoms with E-state index in [1.807, 2.05) is 32.7 Å². The zero-order valence-corrected chi connectivity index (χ0v) is 11.4. The third-order valence-corrected chi connectivity index (χ3v) is 3.02. The Kier molecular flexibility index (Phi) is 4.72. The van der Waals surface area contributed by atoms with Crippen LogP contribution in [-0.2, 0) is 6.54 Å². The highest BCUT2D eigenvalue weighted by molar-refractivity contribution is 5.55. The average molecular weight is 260 g/mol. The Morgan fingerprint density at radius 2 is 2.05 bits per heavy atom. The van der Waals surface area contributed by atoms with Crippen molar-refractivity contribution in [2.45, 2.75) is 26.3 Å². The van der Waals surface area contributed by atoms with E-state index in [1.54, 1.807) is 6.33 Å². The second-order valence-corrected chi connectivity index (χ2v) is 4.38. The Morgan fingerprint density at radius 1 is 1.21 bits per heavy atom. The van der Waals surface area contributed by atoms with Gasteiger partial charge < -0.3 is 15.2 Å². The largest absolute Gasteiger partial charge is 0.373 e. The topological polar surface area (TPSA) is 67.7 Å². The van der Waals surface area contributed by atoms with Crippen molar-refractivity contribution in [2.24, 2.45) is 0 Å². The van der Waals surface area contributed by atoms with Crippen LogP contribution in [0.15, 0.2) is 25.0 Å². The van der Waals surface area contributed by atoms with Crippen molar-refractivity contribution in [3.63, 3.8) is 0 Å². The van der Waals surface area contributed by atoms with Crippen molar-refractivity contribution >= 4 is 11.6 Å². The molecule has 0 saturated heterocycles. The molecule has 0 bridgehead atoms. The summed E-state index contributed by atoms with van der Waals surface area (Å²) < 4.78 is 2.09. The third-order valence-electron chi connectivity index (χ3n) is 3.02. The highest BCUT2D eigenvalue weighted by Gasteiger charge is 2.04. The molecule has 0 radical (unpaired) electrons. The maximum Gasteiger partial charge on any atom is 0.134 e. The van der Waals surface area contributed by atoms with Gasteiger partial charge in [-0.05, 0) is 19.8 Å². The first-order valence-corrected chi connectivity index (χ1v) is 6.50. The molecule has 0 aliphatic heterocycles. The van der Waals surface area contributed by atoms with Crippen LogP contribution in [0.25, 0.3) is 0 Å². The lowest BCUT2D eigenvalue weighted by atomic mass is 10.2. The molecule has 19 heavy (non-hydrogen) atoms. The predicted octanol–water partition coefficient (Wildman–Crippen LogP) is 1.92. The number of anilines is 2. The quantitative estimate of drug-likeness (QED) is 0.744. The molecule has 0 aromatic carbocycles. The number of rotatable bonds is 7. The van der Waals surface area contributed by atoms with Gasteiger partial charge in [0.15, 0.2) is 0 Å². The number of nitrogens with one attached hydrogen (secondary N) is 2. The van der Waals surface area contributed by atoms with Crippen LogP contribution in [-0.4, -0.2) is 33.1 Å². The normalized spacial score (nSPS) is 10.4. The van der Waals surface area contributed by atoms with E-state index in [0.29, 0.717) is 0 Å². The minimum atomic E-state index is 0.871. The first kappa shape index (κ1) is 13.3. The summed E-state index contributed by atoms with van der Waals surface area (Å²) in [6, 6.07) is 0. The molecule has 6 nitrogen and oxygen atoms in total. The maximum absolute atomic E-state index is 4.26. The zero-order valence-electron chi connectivity index (χ0n) is 11.4. The fraction of sp³-hybridized carbons (Fsp3) is 0.462. The van der Waals surface area contributed by atoms with E-state index in [1.165, 1.54) is 0 Å². The monoisotopic (exact) mass is 260 g/mol. The van der Waals surface area contributed by atoms with Crippen LogP contribution in [0.1, 0.15) is 18.4 Å². The van der Waals surface area contributed by atoms with Gasteiger partial charge in [-0.2, -0.15) is 0 Å². The molecule has 2 heterocycles. The number of hydrogen-bond donors (Lipinski definition) is 2. The van der Waals surface area contributed by atoms with Crippen molar-refractivity contribution in [1.29, 1.82) is 0 Å². The van der Waals surface area contributed by atoms with Gasteiger partial charge in [0.2, 0.25) is 0 Å². The van der Waals surface area contributed by atoms with E-state index >= 15 is 0 Å². The number of imidazole rings is 1. The van der Waals surface area contributed by atoms with E-state index < -0.39 is 0 Å². The van der Waals surface area contributed by atoms with Gasteiger partial charge in [-0.25, -0.2) is 15.0 Å². The molecule has 0 unspecified atom stereocenters. The SMILES string of the molecule is CNc1ncnc(NCCCCn2ccnc2)c1C. The molecule has 0 spiro atoms. The van der Waals surface area contributed by atoms with Crippen LogP contribution in [0.4, 0.5) is 11.6 Å². The van der Waals surface area contributed by atoms with Gasteiger partial charge in [-0.3, -0.25) is 0 Å². The van der Waals surface area contributed by atoms with Crippen LogP contribution in [0.5, 0.6) is 0 Å². The lowest BCUT2D eigenvalue weighted by Gasteiger charge is -2.10. The Hall–Kier alpha value is -2.11. The molecule has 0 atom stereocenters. The molecule has 0 amide bonds. The molecular formula is C13H20N6. The summed E-state index contributed by atoms with van der Waals surface area (Å²) in [6.07, 6.45) is 9.43. The van der Waals surface area contributed by atoms with Crippen LogP contribution >= 0.6 is 0 Å². The van der Waals surface area contributed by atoms with Crippen molar-refractivity contribution in [3.8, 4) is 0 Å². The van der Waals surface area contributed by atoms with Gasteiger partial charge in [0.1, 0.15) is 18.0 Å².